The van der Waals surface area contributed by atoms with Crippen molar-refractivity contribution in [2.45, 2.75) is 26.2 Å². The van der Waals surface area contributed by atoms with Gasteiger partial charge < -0.3 is 15.5 Å². The SMILES string of the molecule is Cc1ccc(NC(=O)CCNc2ccc(N3CCCC3)cc2)cc1Cl. The van der Waals surface area contributed by atoms with Crippen LogP contribution in [-0.4, -0.2) is 25.5 Å². The van der Waals surface area contributed by atoms with E-state index in [0.717, 1.165) is 30.0 Å². The summed E-state index contributed by atoms with van der Waals surface area (Å²) in [6.07, 6.45) is 2.96. The Bertz CT molecular complexity index is 724. The first-order valence-electron chi connectivity index (χ1n) is 8.77. The molecular weight excluding hydrogens is 334 g/mol. The molecule has 0 atom stereocenters. The van der Waals surface area contributed by atoms with Gasteiger partial charge in [-0.15, -0.1) is 0 Å². The number of hydrogen-bond acceptors (Lipinski definition) is 3. The Kier molecular flexibility index (Phi) is 5.82. The maximum Gasteiger partial charge on any atom is 0.226 e. The van der Waals surface area contributed by atoms with Gasteiger partial charge in [-0.1, -0.05) is 17.7 Å². The number of aryl methyl sites for hydroxylation is 1. The predicted molar refractivity (Wildman–Crippen MR) is 106 cm³/mol. The van der Waals surface area contributed by atoms with Gasteiger partial charge in [-0.25, -0.2) is 0 Å². The van der Waals surface area contributed by atoms with Crippen LogP contribution in [0.5, 0.6) is 0 Å². The molecule has 1 fully saturated rings. The van der Waals surface area contributed by atoms with Crippen molar-refractivity contribution in [3.63, 3.8) is 0 Å². The highest BCUT2D eigenvalue weighted by Gasteiger charge is 2.11. The van der Waals surface area contributed by atoms with Crippen molar-refractivity contribution in [2.75, 3.05) is 35.2 Å². The average Bonchev–Trinajstić information content (AvgIpc) is 3.13. The summed E-state index contributed by atoms with van der Waals surface area (Å²) in [7, 11) is 0. The molecule has 1 amide bonds. The number of benzene rings is 2. The maximum absolute atomic E-state index is 12.0. The zero-order chi connectivity index (χ0) is 17.6. The van der Waals surface area contributed by atoms with Gasteiger partial charge in [-0.3, -0.25) is 4.79 Å². The minimum Gasteiger partial charge on any atom is -0.385 e. The zero-order valence-corrected chi connectivity index (χ0v) is 15.3. The molecule has 1 aliphatic heterocycles. The van der Waals surface area contributed by atoms with Crippen LogP contribution in [-0.2, 0) is 4.79 Å². The number of rotatable bonds is 6. The Morgan fingerprint density at radius 1 is 1.08 bits per heavy atom. The lowest BCUT2D eigenvalue weighted by Gasteiger charge is -2.18. The summed E-state index contributed by atoms with van der Waals surface area (Å²) in [6, 6.07) is 14.0. The first-order valence-corrected chi connectivity index (χ1v) is 9.14. The monoisotopic (exact) mass is 357 g/mol. The summed E-state index contributed by atoms with van der Waals surface area (Å²) in [5.74, 6) is -0.0268. The Morgan fingerprint density at radius 2 is 1.76 bits per heavy atom. The number of amides is 1. The van der Waals surface area contributed by atoms with Gasteiger partial charge in [0.25, 0.3) is 0 Å². The molecule has 0 saturated carbocycles. The molecule has 2 aromatic rings. The largest absolute Gasteiger partial charge is 0.385 e. The summed E-state index contributed by atoms with van der Waals surface area (Å²) < 4.78 is 0. The lowest BCUT2D eigenvalue weighted by Crippen LogP contribution is -2.17. The molecule has 3 rings (SSSR count). The number of carbonyl (C=O) groups excluding carboxylic acids is 1. The van der Waals surface area contributed by atoms with Crippen molar-refractivity contribution >= 4 is 34.6 Å². The maximum atomic E-state index is 12.0. The van der Waals surface area contributed by atoms with Crippen LogP contribution in [0.15, 0.2) is 42.5 Å². The van der Waals surface area contributed by atoms with Crippen molar-refractivity contribution in [1.29, 1.82) is 0 Å². The van der Waals surface area contributed by atoms with Gasteiger partial charge in [0.1, 0.15) is 0 Å². The molecule has 1 saturated heterocycles. The summed E-state index contributed by atoms with van der Waals surface area (Å²) in [5, 5.41) is 6.83. The van der Waals surface area contributed by atoms with Crippen LogP contribution in [0.1, 0.15) is 24.8 Å². The van der Waals surface area contributed by atoms with E-state index in [9.17, 15) is 4.79 Å². The van der Waals surface area contributed by atoms with Crippen LogP contribution in [0.25, 0.3) is 0 Å². The number of halogens is 1. The molecule has 25 heavy (non-hydrogen) atoms. The van der Waals surface area contributed by atoms with E-state index in [1.165, 1.54) is 18.5 Å². The first-order chi connectivity index (χ1) is 12.1. The second kappa shape index (κ2) is 8.26. The molecule has 132 valence electrons. The van der Waals surface area contributed by atoms with Crippen molar-refractivity contribution in [1.82, 2.24) is 0 Å². The number of hydrogen-bond donors (Lipinski definition) is 2. The summed E-state index contributed by atoms with van der Waals surface area (Å²) in [5.41, 5.74) is 4.04. The van der Waals surface area contributed by atoms with Gasteiger partial charge in [-0.05, 0) is 61.7 Å². The van der Waals surface area contributed by atoms with Crippen molar-refractivity contribution in [2.24, 2.45) is 0 Å². The van der Waals surface area contributed by atoms with Crippen LogP contribution < -0.4 is 15.5 Å². The van der Waals surface area contributed by atoms with Gasteiger partial charge in [0, 0.05) is 48.1 Å². The highest BCUT2D eigenvalue weighted by molar-refractivity contribution is 6.31. The molecule has 0 unspecified atom stereocenters. The minimum atomic E-state index is -0.0268. The second-order valence-electron chi connectivity index (χ2n) is 6.43. The summed E-state index contributed by atoms with van der Waals surface area (Å²) >= 11 is 6.07. The molecule has 0 radical (unpaired) electrons. The molecule has 1 heterocycles. The number of nitrogens with one attached hydrogen (secondary N) is 2. The van der Waals surface area contributed by atoms with E-state index in [-0.39, 0.29) is 5.91 Å². The van der Waals surface area contributed by atoms with Crippen molar-refractivity contribution in [3.8, 4) is 0 Å². The molecule has 0 bridgehead atoms. The number of anilines is 3. The molecule has 0 spiro atoms. The minimum absolute atomic E-state index is 0.0268. The van der Waals surface area contributed by atoms with E-state index in [2.05, 4.69) is 39.8 Å². The fraction of sp³-hybridized carbons (Fsp3) is 0.350. The van der Waals surface area contributed by atoms with Crippen LogP contribution in [0.4, 0.5) is 17.1 Å². The molecule has 4 nitrogen and oxygen atoms in total. The van der Waals surface area contributed by atoms with Gasteiger partial charge in [0.15, 0.2) is 0 Å². The summed E-state index contributed by atoms with van der Waals surface area (Å²) in [4.78, 5) is 14.4. The standard InChI is InChI=1S/C20H24ClN3O/c1-15-4-5-17(14-19(15)21)23-20(25)10-11-22-16-6-8-18(9-7-16)24-12-2-3-13-24/h4-9,14,22H,2-3,10-13H2,1H3,(H,23,25). The third-order valence-electron chi connectivity index (χ3n) is 4.48. The topological polar surface area (TPSA) is 44.4 Å². The summed E-state index contributed by atoms with van der Waals surface area (Å²) in [6.45, 7) is 4.83. The lowest BCUT2D eigenvalue weighted by atomic mass is 10.2. The quantitative estimate of drug-likeness (QED) is 0.788. The van der Waals surface area contributed by atoms with Crippen LogP contribution in [0.3, 0.4) is 0 Å². The Hall–Kier alpha value is -2.20. The van der Waals surface area contributed by atoms with Gasteiger partial charge in [-0.2, -0.15) is 0 Å². The fourth-order valence-electron chi connectivity index (χ4n) is 2.98. The number of carbonyl (C=O) groups is 1. The number of nitrogens with zero attached hydrogens (tertiary/aromatic N) is 1. The molecular formula is C20H24ClN3O. The van der Waals surface area contributed by atoms with Gasteiger partial charge in [0.2, 0.25) is 5.91 Å². The van der Waals surface area contributed by atoms with E-state index >= 15 is 0 Å². The smallest absolute Gasteiger partial charge is 0.226 e. The van der Waals surface area contributed by atoms with Crippen LogP contribution in [0.2, 0.25) is 5.02 Å². The molecule has 0 aromatic heterocycles. The normalized spacial score (nSPS) is 13.8. The molecule has 5 heteroatoms. The van der Waals surface area contributed by atoms with Crippen molar-refractivity contribution < 1.29 is 4.79 Å². The average molecular weight is 358 g/mol. The van der Waals surface area contributed by atoms with E-state index in [1.54, 1.807) is 6.07 Å². The van der Waals surface area contributed by atoms with Crippen LogP contribution in [0, 0.1) is 6.92 Å². The van der Waals surface area contributed by atoms with Gasteiger partial charge >= 0.3 is 0 Å². The van der Waals surface area contributed by atoms with E-state index < -0.39 is 0 Å². The van der Waals surface area contributed by atoms with E-state index in [1.807, 2.05) is 19.1 Å². The highest BCUT2D eigenvalue weighted by atomic mass is 35.5. The third kappa shape index (κ3) is 4.89. The molecule has 2 aromatic carbocycles. The van der Waals surface area contributed by atoms with Gasteiger partial charge in [0.05, 0.1) is 0 Å². The zero-order valence-electron chi connectivity index (χ0n) is 14.5. The second-order valence-corrected chi connectivity index (χ2v) is 6.84. The molecule has 2 N–H and O–H groups in total. The highest BCUT2D eigenvalue weighted by Crippen LogP contribution is 2.22. The van der Waals surface area contributed by atoms with E-state index in [0.29, 0.717) is 18.0 Å². The Morgan fingerprint density at radius 3 is 2.44 bits per heavy atom. The Balaban J connectivity index is 1.44. The van der Waals surface area contributed by atoms with Crippen molar-refractivity contribution in [3.05, 3.63) is 53.1 Å². The van der Waals surface area contributed by atoms with Crippen LogP contribution >= 0.6 is 11.6 Å². The molecule has 0 aliphatic carbocycles. The lowest BCUT2D eigenvalue weighted by molar-refractivity contribution is -0.115. The fourth-order valence-corrected chi connectivity index (χ4v) is 3.16. The predicted octanol–water partition coefficient (Wildman–Crippen LogP) is 4.69. The third-order valence-corrected chi connectivity index (χ3v) is 4.88. The Labute approximate surface area is 154 Å². The molecule has 1 aliphatic rings. The van der Waals surface area contributed by atoms with E-state index in [4.69, 9.17) is 11.6 Å². The first kappa shape index (κ1) is 17.6.